The highest BCUT2D eigenvalue weighted by Crippen LogP contribution is 2.36. The van der Waals surface area contributed by atoms with Crippen LogP contribution in [0.15, 0.2) is 108 Å². The number of amides is 1. The molecule has 0 aromatic heterocycles. The second kappa shape index (κ2) is 17.5. The Bertz CT molecular complexity index is 2370. The topological polar surface area (TPSA) is 102 Å². The number of rotatable bonds is 13. The number of esters is 1. The van der Waals surface area contributed by atoms with E-state index in [2.05, 4.69) is 0 Å². The quantitative estimate of drug-likeness (QED) is 0.0511. The average molecular weight is 821 g/mol. The van der Waals surface area contributed by atoms with E-state index < -0.39 is 68.5 Å². The Morgan fingerprint density at radius 1 is 0.707 bits per heavy atom. The van der Waals surface area contributed by atoms with Gasteiger partial charge in [-0.3, -0.25) is 4.79 Å². The second-order valence-corrected chi connectivity index (χ2v) is 15.7. The van der Waals surface area contributed by atoms with Crippen molar-refractivity contribution in [3.05, 3.63) is 160 Å². The van der Waals surface area contributed by atoms with Gasteiger partial charge in [0.1, 0.15) is 30.6 Å². The molecule has 1 atom stereocenters. The fraction of sp³-hybridized carbons (Fsp3) is 0.256. The van der Waals surface area contributed by atoms with Crippen molar-refractivity contribution in [1.82, 2.24) is 4.31 Å². The number of nitrogens with zero attached hydrogens (tertiary/aromatic N) is 2. The van der Waals surface area contributed by atoms with Gasteiger partial charge in [0.15, 0.2) is 28.2 Å². The van der Waals surface area contributed by atoms with Crippen LogP contribution in [0.3, 0.4) is 0 Å². The number of carbonyl (C=O) groups excluding carboxylic acids is 2. The minimum absolute atomic E-state index is 0.0153. The SMILES string of the molecule is O=C(OCc1ccccc1)c1ccc(N(Cc2ccc(C3CCOCC3)cc2)C(=O)[C@H]2CCN2S(=O)(=O)c2c(F)c(F)c(F)c(F)c2F)cc1OCc1ccccc1. The summed E-state index contributed by atoms with van der Waals surface area (Å²) in [7, 11) is -5.43. The van der Waals surface area contributed by atoms with Crippen LogP contribution in [-0.2, 0) is 44.1 Å². The van der Waals surface area contributed by atoms with Gasteiger partial charge >= 0.3 is 5.97 Å². The van der Waals surface area contributed by atoms with Gasteiger partial charge in [0.05, 0.1) is 6.54 Å². The van der Waals surface area contributed by atoms with Crippen LogP contribution in [0.25, 0.3) is 0 Å². The van der Waals surface area contributed by atoms with Gasteiger partial charge in [-0.2, -0.15) is 4.31 Å². The summed E-state index contributed by atoms with van der Waals surface area (Å²) in [4.78, 5) is 27.2. The number of ether oxygens (including phenoxy) is 3. The van der Waals surface area contributed by atoms with E-state index in [4.69, 9.17) is 14.2 Å². The Morgan fingerprint density at radius 2 is 1.29 bits per heavy atom. The summed E-state index contributed by atoms with van der Waals surface area (Å²) >= 11 is 0. The predicted molar refractivity (Wildman–Crippen MR) is 202 cm³/mol. The molecule has 15 heteroatoms. The summed E-state index contributed by atoms with van der Waals surface area (Å²) in [6.07, 6.45) is 1.55. The van der Waals surface area contributed by atoms with Crippen molar-refractivity contribution in [1.29, 1.82) is 0 Å². The largest absolute Gasteiger partial charge is 0.488 e. The average Bonchev–Trinajstić information content (AvgIpc) is 3.23. The molecule has 0 aliphatic carbocycles. The first kappa shape index (κ1) is 40.6. The first-order chi connectivity index (χ1) is 27.9. The molecule has 0 saturated carbocycles. The van der Waals surface area contributed by atoms with Crippen molar-refractivity contribution in [3.63, 3.8) is 0 Å². The van der Waals surface area contributed by atoms with Gasteiger partial charge in [-0.25, -0.2) is 35.2 Å². The molecule has 7 rings (SSSR count). The standard InChI is InChI=1S/C43H37F5N2O7S/c44-36-37(45)39(47)41(40(48)38(36)46)58(53,54)50-20-17-34(50)42(51)49(24-27-11-13-30(14-12-27)31-18-21-55-22-19-31)32-15-16-33(43(52)57-26-29-9-5-2-6-10-29)35(23-32)56-25-28-7-3-1-4-8-28/h1-16,23,31,34H,17-22,24-26H2/t34-/m1/s1. The minimum atomic E-state index is -5.43. The van der Waals surface area contributed by atoms with Gasteiger partial charge in [-0.05, 0) is 59.6 Å². The third-order valence-electron chi connectivity index (χ3n) is 10.2. The number of hydrogen-bond acceptors (Lipinski definition) is 7. The molecule has 2 aliphatic heterocycles. The molecule has 5 aromatic carbocycles. The van der Waals surface area contributed by atoms with E-state index in [1.165, 1.54) is 23.1 Å². The van der Waals surface area contributed by atoms with Crippen LogP contribution in [0.1, 0.15) is 57.8 Å². The van der Waals surface area contributed by atoms with Gasteiger partial charge in [-0.1, -0.05) is 84.9 Å². The van der Waals surface area contributed by atoms with Crippen LogP contribution in [0, 0.1) is 29.1 Å². The molecule has 0 bridgehead atoms. The summed E-state index contributed by atoms with van der Waals surface area (Å²) in [6, 6.07) is 28.3. The van der Waals surface area contributed by atoms with E-state index in [-0.39, 0.29) is 49.1 Å². The van der Waals surface area contributed by atoms with E-state index in [0.29, 0.717) is 23.1 Å². The molecule has 9 nitrogen and oxygen atoms in total. The van der Waals surface area contributed by atoms with E-state index in [1.807, 2.05) is 60.7 Å². The maximum absolute atomic E-state index is 14.8. The lowest BCUT2D eigenvalue weighted by molar-refractivity contribution is -0.125. The summed E-state index contributed by atoms with van der Waals surface area (Å²) in [5, 5.41) is 0. The van der Waals surface area contributed by atoms with Crippen LogP contribution in [0.4, 0.5) is 27.6 Å². The molecule has 0 N–H and O–H groups in total. The highest BCUT2D eigenvalue weighted by Gasteiger charge is 2.48. The fourth-order valence-corrected chi connectivity index (χ4v) is 8.66. The highest BCUT2D eigenvalue weighted by atomic mass is 32.2. The fourth-order valence-electron chi connectivity index (χ4n) is 6.91. The third-order valence-corrected chi connectivity index (χ3v) is 12.1. The van der Waals surface area contributed by atoms with Crippen molar-refractivity contribution in [3.8, 4) is 5.75 Å². The molecule has 58 heavy (non-hydrogen) atoms. The van der Waals surface area contributed by atoms with Gasteiger partial charge < -0.3 is 19.1 Å². The van der Waals surface area contributed by atoms with Crippen molar-refractivity contribution in [2.24, 2.45) is 0 Å². The first-order valence-electron chi connectivity index (χ1n) is 18.5. The van der Waals surface area contributed by atoms with Crippen molar-refractivity contribution >= 4 is 27.6 Å². The Balaban J connectivity index is 1.24. The maximum atomic E-state index is 14.8. The minimum Gasteiger partial charge on any atom is -0.488 e. The predicted octanol–water partition coefficient (Wildman–Crippen LogP) is 8.21. The van der Waals surface area contributed by atoms with Crippen molar-refractivity contribution < 1.29 is 54.2 Å². The second-order valence-electron chi connectivity index (χ2n) is 13.9. The summed E-state index contributed by atoms with van der Waals surface area (Å²) in [5.41, 5.74) is 3.38. The molecule has 2 aliphatic rings. The van der Waals surface area contributed by atoms with Crippen molar-refractivity contribution in [2.75, 3.05) is 24.7 Å². The molecule has 0 radical (unpaired) electrons. The van der Waals surface area contributed by atoms with Crippen LogP contribution in [-0.4, -0.2) is 50.4 Å². The molecule has 2 saturated heterocycles. The normalized spacial score (nSPS) is 16.1. The van der Waals surface area contributed by atoms with Crippen LogP contribution in [0.5, 0.6) is 5.75 Å². The first-order valence-corrected chi connectivity index (χ1v) is 19.9. The molecular weight excluding hydrogens is 784 g/mol. The monoisotopic (exact) mass is 820 g/mol. The lowest BCUT2D eigenvalue weighted by Crippen LogP contribution is -2.59. The van der Waals surface area contributed by atoms with E-state index >= 15 is 0 Å². The smallest absolute Gasteiger partial charge is 0.342 e. The molecule has 2 heterocycles. The lowest BCUT2D eigenvalue weighted by atomic mass is 9.91. The van der Waals surface area contributed by atoms with Gasteiger partial charge in [0, 0.05) is 31.5 Å². The van der Waals surface area contributed by atoms with E-state index in [9.17, 15) is 40.0 Å². The molecule has 0 unspecified atom stereocenters. The Kier molecular flexibility index (Phi) is 12.2. The zero-order valence-electron chi connectivity index (χ0n) is 30.9. The number of anilines is 1. The number of carbonyl (C=O) groups is 2. The van der Waals surface area contributed by atoms with E-state index in [1.54, 1.807) is 24.3 Å². The maximum Gasteiger partial charge on any atom is 0.342 e. The Labute approximate surface area is 331 Å². The van der Waals surface area contributed by atoms with Crippen molar-refractivity contribution in [2.45, 2.75) is 55.9 Å². The number of sulfonamides is 1. The van der Waals surface area contributed by atoms with Crippen LogP contribution in [0.2, 0.25) is 0 Å². The summed E-state index contributed by atoms with van der Waals surface area (Å²) in [6.45, 7) is 0.652. The molecule has 5 aromatic rings. The Morgan fingerprint density at radius 3 is 1.88 bits per heavy atom. The summed E-state index contributed by atoms with van der Waals surface area (Å²) < 4.78 is 117. The lowest BCUT2D eigenvalue weighted by Gasteiger charge is -2.41. The van der Waals surface area contributed by atoms with E-state index in [0.717, 1.165) is 29.5 Å². The number of benzene rings is 5. The molecular formula is C43H37F5N2O7S. The number of hydrogen-bond donors (Lipinski definition) is 0. The van der Waals surface area contributed by atoms with Gasteiger partial charge in [0.25, 0.3) is 0 Å². The highest BCUT2D eigenvalue weighted by molar-refractivity contribution is 7.89. The zero-order chi connectivity index (χ0) is 41.0. The Hall–Kier alpha value is -5.64. The molecule has 302 valence electrons. The zero-order valence-corrected chi connectivity index (χ0v) is 31.7. The summed E-state index contributed by atoms with van der Waals surface area (Å²) in [5.74, 6) is -13.7. The third kappa shape index (κ3) is 8.47. The van der Waals surface area contributed by atoms with Gasteiger partial charge in [0.2, 0.25) is 21.7 Å². The molecule has 1 amide bonds. The number of halogens is 5. The molecule has 2 fully saturated rings. The molecule has 0 spiro atoms. The van der Waals surface area contributed by atoms with Gasteiger partial charge in [-0.15, -0.1) is 0 Å². The van der Waals surface area contributed by atoms with Crippen LogP contribution < -0.4 is 9.64 Å². The van der Waals surface area contributed by atoms with Crippen LogP contribution >= 0.6 is 0 Å².